The summed E-state index contributed by atoms with van der Waals surface area (Å²) < 4.78 is 5.17. The largest absolute Gasteiger partial charge is 0.462 e. The van der Waals surface area contributed by atoms with E-state index in [1.165, 1.54) is 0 Å². The Kier molecular flexibility index (Phi) is 3.93. The second-order valence-corrected chi connectivity index (χ2v) is 3.47. The maximum absolute atomic E-state index is 11.0. The van der Waals surface area contributed by atoms with Crippen LogP contribution in [0.4, 0.5) is 0 Å². The predicted molar refractivity (Wildman–Crippen MR) is 48.2 cm³/mol. The van der Waals surface area contributed by atoms with Gasteiger partial charge in [0.15, 0.2) is 0 Å². The van der Waals surface area contributed by atoms with Crippen molar-refractivity contribution in [3.8, 4) is 0 Å². The van der Waals surface area contributed by atoms with Gasteiger partial charge in [0.2, 0.25) is 0 Å². The fourth-order valence-electron chi connectivity index (χ4n) is 1.68. The second-order valence-electron chi connectivity index (χ2n) is 3.47. The van der Waals surface area contributed by atoms with Crippen LogP contribution in [-0.4, -0.2) is 18.4 Å². The summed E-state index contributed by atoms with van der Waals surface area (Å²) in [4.78, 5) is 21.7. The number of hydrogen-bond donors (Lipinski definition) is 0. The zero-order valence-electron chi connectivity index (χ0n) is 7.99. The molecule has 13 heavy (non-hydrogen) atoms. The van der Waals surface area contributed by atoms with Crippen LogP contribution in [0, 0.1) is 5.92 Å². The van der Waals surface area contributed by atoms with Gasteiger partial charge in [0.25, 0.3) is 0 Å². The number of ether oxygens (including phenoxy) is 1. The lowest BCUT2D eigenvalue weighted by Crippen LogP contribution is -2.30. The Morgan fingerprint density at radius 3 is 2.77 bits per heavy atom. The summed E-state index contributed by atoms with van der Waals surface area (Å²) in [5.41, 5.74) is 0. The highest BCUT2D eigenvalue weighted by Gasteiger charge is 2.27. The minimum Gasteiger partial charge on any atom is -0.462 e. The molecular formula is C10H16O3. The molecule has 0 saturated heterocycles. The molecule has 2 atom stereocenters. The zero-order chi connectivity index (χ0) is 9.68. The van der Waals surface area contributed by atoms with Crippen molar-refractivity contribution in [1.29, 1.82) is 0 Å². The second kappa shape index (κ2) is 5.00. The normalized spacial score (nSPS) is 28.1. The van der Waals surface area contributed by atoms with E-state index in [9.17, 15) is 9.59 Å². The zero-order valence-corrected chi connectivity index (χ0v) is 7.99. The van der Waals surface area contributed by atoms with E-state index in [1.807, 2.05) is 0 Å². The minimum atomic E-state index is -0.196. The van der Waals surface area contributed by atoms with E-state index in [0.29, 0.717) is 6.42 Å². The van der Waals surface area contributed by atoms with Crippen molar-refractivity contribution in [3.05, 3.63) is 0 Å². The smallest absolute Gasteiger partial charge is 0.305 e. The van der Waals surface area contributed by atoms with E-state index >= 15 is 0 Å². The Labute approximate surface area is 78.5 Å². The van der Waals surface area contributed by atoms with Crippen LogP contribution in [-0.2, 0) is 14.3 Å². The first-order chi connectivity index (χ1) is 6.27. The van der Waals surface area contributed by atoms with Crippen molar-refractivity contribution in [2.45, 2.75) is 45.1 Å². The first-order valence-electron chi connectivity index (χ1n) is 4.92. The molecule has 0 spiro atoms. The molecule has 1 aliphatic carbocycles. The quantitative estimate of drug-likeness (QED) is 0.495. The fourth-order valence-corrected chi connectivity index (χ4v) is 1.68. The lowest BCUT2D eigenvalue weighted by Gasteiger charge is -2.27. The standard InChI is InChI=1S/C10H16O3/c1-2-10(12)13-9-6-4-3-5-8(9)7-11/h7-9H,2-6H2,1H3. The molecule has 3 nitrogen and oxygen atoms in total. The van der Waals surface area contributed by atoms with Crippen LogP contribution in [0.2, 0.25) is 0 Å². The van der Waals surface area contributed by atoms with Crippen molar-refractivity contribution in [3.63, 3.8) is 0 Å². The van der Waals surface area contributed by atoms with Crippen LogP contribution in [0.15, 0.2) is 0 Å². The van der Waals surface area contributed by atoms with E-state index < -0.39 is 0 Å². The summed E-state index contributed by atoms with van der Waals surface area (Å²) in [6.07, 6.45) is 5.00. The molecule has 0 heterocycles. The lowest BCUT2D eigenvalue weighted by atomic mass is 9.87. The van der Waals surface area contributed by atoms with E-state index in [-0.39, 0.29) is 18.0 Å². The van der Waals surface area contributed by atoms with Gasteiger partial charge in [0.05, 0.1) is 5.92 Å². The lowest BCUT2D eigenvalue weighted by molar-refractivity contribution is -0.153. The predicted octanol–water partition coefficient (Wildman–Crippen LogP) is 1.70. The molecular weight excluding hydrogens is 168 g/mol. The van der Waals surface area contributed by atoms with Crippen molar-refractivity contribution >= 4 is 12.3 Å². The van der Waals surface area contributed by atoms with E-state index in [2.05, 4.69) is 0 Å². The Balaban J connectivity index is 2.44. The van der Waals surface area contributed by atoms with E-state index in [1.54, 1.807) is 6.92 Å². The van der Waals surface area contributed by atoms with Gasteiger partial charge in [0, 0.05) is 6.42 Å². The summed E-state index contributed by atoms with van der Waals surface area (Å²) in [5.74, 6) is -0.261. The number of hydrogen-bond acceptors (Lipinski definition) is 3. The summed E-state index contributed by atoms with van der Waals surface area (Å²) in [7, 11) is 0. The Hall–Kier alpha value is -0.860. The molecule has 2 unspecified atom stereocenters. The molecule has 1 saturated carbocycles. The third-order valence-electron chi connectivity index (χ3n) is 2.50. The van der Waals surface area contributed by atoms with Gasteiger partial charge >= 0.3 is 5.97 Å². The molecule has 1 fully saturated rings. The van der Waals surface area contributed by atoms with Crippen LogP contribution in [0.3, 0.4) is 0 Å². The molecule has 1 rings (SSSR count). The van der Waals surface area contributed by atoms with Crippen molar-refractivity contribution in [1.82, 2.24) is 0 Å². The monoisotopic (exact) mass is 184 g/mol. The van der Waals surface area contributed by atoms with Gasteiger partial charge in [0.1, 0.15) is 12.4 Å². The van der Waals surface area contributed by atoms with Gasteiger partial charge in [-0.3, -0.25) is 4.79 Å². The maximum Gasteiger partial charge on any atom is 0.305 e. The van der Waals surface area contributed by atoms with Crippen LogP contribution in [0.1, 0.15) is 39.0 Å². The highest BCUT2D eigenvalue weighted by molar-refractivity contribution is 5.69. The molecule has 0 amide bonds. The summed E-state index contributed by atoms with van der Waals surface area (Å²) in [6, 6.07) is 0. The molecule has 0 aromatic heterocycles. The summed E-state index contributed by atoms with van der Waals surface area (Å²) in [6.45, 7) is 1.76. The number of carbonyl (C=O) groups is 2. The highest BCUT2D eigenvalue weighted by atomic mass is 16.5. The third kappa shape index (κ3) is 2.83. The molecule has 0 N–H and O–H groups in total. The third-order valence-corrected chi connectivity index (χ3v) is 2.50. The van der Waals surface area contributed by atoms with Crippen molar-refractivity contribution in [2.24, 2.45) is 5.92 Å². The number of esters is 1. The number of carbonyl (C=O) groups excluding carboxylic acids is 2. The maximum atomic E-state index is 11.0. The highest BCUT2D eigenvalue weighted by Crippen LogP contribution is 2.25. The minimum absolute atomic E-state index is 0.0655. The molecule has 0 radical (unpaired) electrons. The van der Waals surface area contributed by atoms with Crippen molar-refractivity contribution < 1.29 is 14.3 Å². The van der Waals surface area contributed by atoms with Crippen LogP contribution < -0.4 is 0 Å². The van der Waals surface area contributed by atoms with Crippen LogP contribution in [0.5, 0.6) is 0 Å². The Morgan fingerprint density at radius 2 is 2.15 bits per heavy atom. The molecule has 3 heteroatoms. The van der Waals surface area contributed by atoms with E-state index in [0.717, 1.165) is 32.0 Å². The van der Waals surface area contributed by atoms with Gasteiger partial charge in [-0.1, -0.05) is 13.3 Å². The average Bonchev–Trinajstić information content (AvgIpc) is 2.18. The Morgan fingerprint density at radius 1 is 1.46 bits per heavy atom. The van der Waals surface area contributed by atoms with Crippen LogP contribution in [0.25, 0.3) is 0 Å². The first-order valence-corrected chi connectivity index (χ1v) is 4.92. The van der Waals surface area contributed by atoms with Gasteiger partial charge in [-0.25, -0.2) is 0 Å². The van der Waals surface area contributed by atoms with Gasteiger partial charge in [-0.2, -0.15) is 0 Å². The van der Waals surface area contributed by atoms with Gasteiger partial charge in [-0.05, 0) is 19.3 Å². The molecule has 1 aliphatic rings. The topological polar surface area (TPSA) is 43.4 Å². The van der Waals surface area contributed by atoms with E-state index in [4.69, 9.17) is 4.74 Å². The summed E-state index contributed by atoms with van der Waals surface area (Å²) in [5, 5.41) is 0. The first kappa shape index (κ1) is 10.2. The molecule has 74 valence electrons. The SMILES string of the molecule is CCC(=O)OC1CCCCC1C=O. The van der Waals surface area contributed by atoms with Gasteiger partial charge < -0.3 is 9.53 Å². The van der Waals surface area contributed by atoms with Crippen molar-refractivity contribution in [2.75, 3.05) is 0 Å². The Bertz CT molecular complexity index is 189. The molecule has 0 aromatic carbocycles. The summed E-state index contributed by atoms with van der Waals surface area (Å²) >= 11 is 0. The molecule has 0 bridgehead atoms. The molecule has 0 aliphatic heterocycles. The number of aldehydes is 1. The fraction of sp³-hybridized carbons (Fsp3) is 0.800. The van der Waals surface area contributed by atoms with Gasteiger partial charge in [-0.15, -0.1) is 0 Å². The molecule has 0 aromatic rings. The van der Waals surface area contributed by atoms with Crippen LogP contribution >= 0.6 is 0 Å². The number of rotatable bonds is 3. The average molecular weight is 184 g/mol.